The van der Waals surface area contributed by atoms with Gasteiger partial charge in [0.2, 0.25) is 15.0 Å². The van der Waals surface area contributed by atoms with Crippen LogP contribution in [0.5, 0.6) is 5.75 Å². The van der Waals surface area contributed by atoms with Gasteiger partial charge in [-0.2, -0.15) is 0 Å². The highest BCUT2D eigenvalue weighted by atomic mass is 32.2. The van der Waals surface area contributed by atoms with Gasteiger partial charge in [-0.05, 0) is 54.8 Å². The van der Waals surface area contributed by atoms with Gasteiger partial charge in [0.15, 0.2) is 12.5 Å². The van der Waals surface area contributed by atoms with Gasteiger partial charge in [0.1, 0.15) is 11.6 Å². The molecule has 2 aromatic heterocycles. The molecule has 0 fully saturated rings. The van der Waals surface area contributed by atoms with Crippen molar-refractivity contribution in [1.29, 1.82) is 0 Å². The lowest BCUT2D eigenvalue weighted by molar-refractivity contribution is 0.0361. The monoisotopic (exact) mass is 658 g/mol. The number of aryl methyl sites for hydroxylation is 1. The second-order valence-corrected chi connectivity index (χ2v) is 13.4. The van der Waals surface area contributed by atoms with Crippen LogP contribution in [0, 0.1) is 18.6 Å². The van der Waals surface area contributed by atoms with E-state index in [-0.39, 0.29) is 36.6 Å². The van der Waals surface area contributed by atoms with Crippen molar-refractivity contribution in [3.05, 3.63) is 135 Å². The second-order valence-electron chi connectivity index (χ2n) is 11.4. The molecule has 0 N–H and O–H groups in total. The summed E-state index contributed by atoms with van der Waals surface area (Å²) in [6.45, 7) is 2.04. The van der Waals surface area contributed by atoms with Crippen molar-refractivity contribution in [2.24, 2.45) is 0 Å². The van der Waals surface area contributed by atoms with Crippen molar-refractivity contribution in [2.45, 2.75) is 37.8 Å². The Morgan fingerprint density at radius 3 is 2.51 bits per heavy atom. The Balaban J connectivity index is 1.24. The summed E-state index contributed by atoms with van der Waals surface area (Å²) in [5.74, 6) is -1.11. The molecular weight excluding hydrogens is 626 g/mol. The minimum Gasteiger partial charge on any atom is -0.471 e. The topological polar surface area (TPSA) is 104 Å². The van der Waals surface area contributed by atoms with Crippen molar-refractivity contribution in [2.75, 3.05) is 24.4 Å². The summed E-state index contributed by atoms with van der Waals surface area (Å²) in [6.07, 6.45) is 0.844. The first-order chi connectivity index (χ1) is 22.6. The number of sulfone groups is 1. The molecule has 0 amide bonds. The van der Waals surface area contributed by atoms with Gasteiger partial charge in [0.05, 0.1) is 36.4 Å². The zero-order valence-corrected chi connectivity index (χ0v) is 26.6. The molecule has 3 heterocycles. The molecular formula is C35H32F2N4O5S. The van der Waals surface area contributed by atoms with Crippen LogP contribution >= 0.6 is 0 Å². The normalized spacial score (nSPS) is 13.3. The van der Waals surface area contributed by atoms with E-state index in [1.54, 1.807) is 31.2 Å². The van der Waals surface area contributed by atoms with Crippen LogP contribution in [0.1, 0.15) is 34.9 Å². The summed E-state index contributed by atoms with van der Waals surface area (Å²) in [7, 11) is -2.15. The number of fused-ring (bicyclic) bond motifs is 1. The molecule has 0 radical (unpaired) electrons. The highest BCUT2D eigenvalue weighted by molar-refractivity contribution is 7.91. The van der Waals surface area contributed by atoms with Gasteiger partial charge in [0, 0.05) is 30.1 Å². The number of rotatable bonds is 11. The van der Waals surface area contributed by atoms with Crippen molar-refractivity contribution >= 4 is 15.5 Å². The average molecular weight is 659 g/mol. The Kier molecular flexibility index (Phi) is 9.15. The lowest BCUT2D eigenvalue weighted by Crippen LogP contribution is -2.23. The fourth-order valence-electron chi connectivity index (χ4n) is 5.38. The smallest absolute Gasteiger partial charge is 0.286 e. The van der Waals surface area contributed by atoms with E-state index in [4.69, 9.17) is 9.47 Å². The summed E-state index contributed by atoms with van der Waals surface area (Å²) in [5.41, 5.74) is 2.63. The Morgan fingerprint density at radius 1 is 0.957 bits per heavy atom. The standard InChI is InChI=1S/C35H32F2N4O5S/c1-23-16-30(27-18-29(37)34(42)41(20-27)19-24-12-13-31-33(17-24)46-22-40(31)2)39-35(38-23)47(43,44)15-14-32(25-8-4-3-5-9-25)45-21-26-10-6-7-11-28(26)36/h3-13,16-18,20,32H,14-15,19,21-22H2,1-2H3. The Hall–Kier alpha value is -4.94. The molecule has 6 rings (SSSR count). The van der Waals surface area contributed by atoms with Gasteiger partial charge in [-0.25, -0.2) is 27.2 Å². The van der Waals surface area contributed by atoms with E-state index >= 15 is 0 Å². The zero-order valence-electron chi connectivity index (χ0n) is 25.8. The SMILES string of the molecule is Cc1cc(-c2cc(F)c(=O)n(Cc3ccc4c(c3)OCN4C)c2)nc(S(=O)(=O)CCC(OCc2ccccc2F)c2ccccc2)n1. The molecule has 9 nitrogen and oxygen atoms in total. The Bertz CT molecular complexity index is 2090. The average Bonchev–Trinajstić information content (AvgIpc) is 3.43. The van der Waals surface area contributed by atoms with Gasteiger partial charge < -0.3 is 18.9 Å². The summed E-state index contributed by atoms with van der Waals surface area (Å²) in [5, 5.41) is -0.425. The number of ether oxygens (including phenoxy) is 2. The molecule has 12 heteroatoms. The third kappa shape index (κ3) is 7.23. The number of benzene rings is 3. The maximum absolute atomic E-state index is 15.0. The third-order valence-corrected chi connectivity index (χ3v) is 9.38. The van der Waals surface area contributed by atoms with Crippen LogP contribution in [0.4, 0.5) is 14.5 Å². The largest absolute Gasteiger partial charge is 0.471 e. The molecule has 0 saturated heterocycles. The van der Waals surface area contributed by atoms with E-state index in [1.807, 2.05) is 54.4 Å². The van der Waals surface area contributed by atoms with E-state index in [0.717, 1.165) is 22.9 Å². The first-order valence-corrected chi connectivity index (χ1v) is 16.6. The van der Waals surface area contributed by atoms with Gasteiger partial charge in [0.25, 0.3) is 5.56 Å². The van der Waals surface area contributed by atoms with E-state index < -0.39 is 38.3 Å². The van der Waals surface area contributed by atoms with Crippen LogP contribution in [-0.4, -0.2) is 42.5 Å². The Morgan fingerprint density at radius 2 is 1.72 bits per heavy atom. The predicted molar refractivity (Wildman–Crippen MR) is 173 cm³/mol. The van der Waals surface area contributed by atoms with E-state index in [2.05, 4.69) is 9.97 Å². The molecule has 47 heavy (non-hydrogen) atoms. The van der Waals surface area contributed by atoms with Crippen LogP contribution in [0.25, 0.3) is 11.3 Å². The summed E-state index contributed by atoms with van der Waals surface area (Å²) >= 11 is 0. The zero-order chi connectivity index (χ0) is 33.1. The molecule has 0 aliphatic carbocycles. The Labute approximate surface area is 271 Å². The fourth-order valence-corrected chi connectivity index (χ4v) is 6.61. The summed E-state index contributed by atoms with van der Waals surface area (Å²) in [4.78, 5) is 23.2. The van der Waals surface area contributed by atoms with Gasteiger partial charge in [-0.15, -0.1) is 0 Å². The quantitative estimate of drug-likeness (QED) is 0.163. The third-order valence-electron chi connectivity index (χ3n) is 7.87. The molecule has 242 valence electrons. The highest BCUT2D eigenvalue weighted by Gasteiger charge is 2.24. The minimum atomic E-state index is -4.05. The first kappa shape index (κ1) is 32.0. The number of pyridine rings is 1. The molecule has 1 atom stereocenters. The van der Waals surface area contributed by atoms with Crippen LogP contribution < -0.4 is 15.2 Å². The van der Waals surface area contributed by atoms with Crippen molar-refractivity contribution < 1.29 is 26.7 Å². The number of nitrogens with zero attached hydrogens (tertiary/aromatic N) is 4. The molecule has 3 aromatic carbocycles. The van der Waals surface area contributed by atoms with E-state index in [9.17, 15) is 22.0 Å². The van der Waals surface area contributed by atoms with Crippen LogP contribution in [-0.2, 0) is 27.7 Å². The van der Waals surface area contributed by atoms with Gasteiger partial charge in [-0.3, -0.25) is 4.79 Å². The number of anilines is 1. The van der Waals surface area contributed by atoms with Crippen molar-refractivity contribution in [3.63, 3.8) is 0 Å². The molecule has 5 aromatic rings. The highest BCUT2D eigenvalue weighted by Crippen LogP contribution is 2.34. The summed E-state index contributed by atoms with van der Waals surface area (Å²) < 4.78 is 69.3. The molecule has 1 unspecified atom stereocenters. The predicted octanol–water partition coefficient (Wildman–Crippen LogP) is 5.85. The fraction of sp³-hybridized carbons (Fsp3) is 0.229. The lowest BCUT2D eigenvalue weighted by atomic mass is 10.1. The molecule has 0 spiro atoms. The molecule has 1 aliphatic heterocycles. The minimum absolute atomic E-state index is 0.0474. The van der Waals surface area contributed by atoms with E-state index in [0.29, 0.717) is 23.7 Å². The van der Waals surface area contributed by atoms with Crippen LogP contribution in [0.15, 0.2) is 101 Å². The second kappa shape index (κ2) is 13.4. The lowest BCUT2D eigenvalue weighted by Gasteiger charge is -2.19. The van der Waals surface area contributed by atoms with Crippen LogP contribution in [0.2, 0.25) is 0 Å². The molecule has 0 saturated carbocycles. The number of aromatic nitrogens is 3. The molecule has 1 aliphatic rings. The van der Waals surface area contributed by atoms with Crippen molar-refractivity contribution in [1.82, 2.24) is 14.5 Å². The maximum atomic E-state index is 15.0. The maximum Gasteiger partial charge on any atom is 0.286 e. The number of hydrogen-bond acceptors (Lipinski definition) is 8. The van der Waals surface area contributed by atoms with Crippen LogP contribution in [0.3, 0.4) is 0 Å². The number of halogens is 2. The van der Waals surface area contributed by atoms with Gasteiger partial charge >= 0.3 is 0 Å². The van der Waals surface area contributed by atoms with Gasteiger partial charge in [-0.1, -0.05) is 54.6 Å². The first-order valence-electron chi connectivity index (χ1n) is 14.9. The molecule has 0 bridgehead atoms. The van der Waals surface area contributed by atoms with E-state index in [1.165, 1.54) is 22.9 Å². The van der Waals surface area contributed by atoms with Crippen molar-refractivity contribution in [3.8, 4) is 17.0 Å². The summed E-state index contributed by atoms with van der Waals surface area (Å²) in [6, 6.07) is 23.4. The number of hydrogen-bond donors (Lipinski definition) is 0.